The zero-order valence-corrected chi connectivity index (χ0v) is 9.37. The van der Waals surface area contributed by atoms with Crippen LogP contribution in [0.4, 0.5) is 5.69 Å². The number of carbonyl (C=O) groups excluding carboxylic acids is 1. The standard InChI is InChI=1S/C8H6Cl3NO2/c1-14-8(13)5-6(11)3(9)2-4(10)7(5)12/h2H,12H2,1H3. The van der Waals surface area contributed by atoms with E-state index in [-0.39, 0.29) is 26.3 Å². The number of benzene rings is 1. The van der Waals surface area contributed by atoms with Gasteiger partial charge in [0.25, 0.3) is 0 Å². The molecule has 0 fully saturated rings. The monoisotopic (exact) mass is 253 g/mol. The summed E-state index contributed by atoms with van der Waals surface area (Å²) in [6.45, 7) is 0. The molecule has 14 heavy (non-hydrogen) atoms. The van der Waals surface area contributed by atoms with Crippen molar-refractivity contribution in [3.63, 3.8) is 0 Å². The predicted octanol–water partition coefficient (Wildman–Crippen LogP) is 3.02. The van der Waals surface area contributed by atoms with Crippen molar-refractivity contribution in [3.8, 4) is 0 Å². The largest absolute Gasteiger partial charge is 0.465 e. The van der Waals surface area contributed by atoms with E-state index in [9.17, 15) is 4.79 Å². The second-order valence-corrected chi connectivity index (χ2v) is 3.63. The van der Waals surface area contributed by atoms with Crippen molar-refractivity contribution in [3.05, 3.63) is 26.7 Å². The van der Waals surface area contributed by atoms with Gasteiger partial charge in [0.2, 0.25) is 0 Å². The van der Waals surface area contributed by atoms with Crippen LogP contribution in [0, 0.1) is 0 Å². The molecule has 0 radical (unpaired) electrons. The molecule has 0 aliphatic heterocycles. The van der Waals surface area contributed by atoms with Crippen molar-refractivity contribution < 1.29 is 9.53 Å². The van der Waals surface area contributed by atoms with Gasteiger partial charge in [-0.15, -0.1) is 0 Å². The van der Waals surface area contributed by atoms with Crippen molar-refractivity contribution in [2.75, 3.05) is 12.8 Å². The lowest BCUT2D eigenvalue weighted by Crippen LogP contribution is -2.07. The van der Waals surface area contributed by atoms with Crippen LogP contribution in [0.2, 0.25) is 15.1 Å². The molecular weight excluding hydrogens is 248 g/mol. The number of ether oxygens (including phenoxy) is 1. The van der Waals surface area contributed by atoms with Gasteiger partial charge in [0, 0.05) is 0 Å². The lowest BCUT2D eigenvalue weighted by atomic mass is 10.2. The van der Waals surface area contributed by atoms with Gasteiger partial charge in [-0.1, -0.05) is 34.8 Å². The van der Waals surface area contributed by atoms with E-state index in [1.54, 1.807) is 0 Å². The molecule has 76 valence electrons. The molecule has 0 aliphatic carbocycles. The number of esters is 1. The summed E-state index contributed by atoms with van der Waals surface area (Å²) in [7, 11) is 1.22. The van der Waals surface area contributed by atoms with Crippen LogP contribution in [0.15, 0.2) is 6.07 Å². The number of nitrogens with two attached hydrogens (primary N) is 1. The molecule has 1 aromatic carbocycles. The summed E-state index contributed by atoms with van der Waals surface area (Å²) in [5.41, 5.74) is 5.61. The van der Waals surface area contributed by atoms with E-state index in [0.717, 1.165) is 0 Å². The quantitative estimate of drug-likeness (QED) is 0.476. The minimum Gasteiger partial charge on any atom is -0.465 e. The number of halogens is 3. The fourth-order valence-corrected chi connectivity index (χ4v) is 1.61. The number of anilines is 1. The summed E-state index contributed by atoms with van der Waals surface area (Å²) >= 11 is 17.2. The molecule has 0 aromatic heterocycles. The molecule has 0 bridgehead atoms. The molecular formula is C8H6Cl3NO2. The van der Waals surface area contributed by atoms with Crippen LogP contribution in [0.5, 0.6) is 0 Å². The van der Waals surface area contributed by atoms with Crippen molar-refractivity contribution in [1.29, 1.82) is 0 Å². The van der Waals surface area contributed by atoms with E-state index >= 15 is 0 Å². The van der Waals surface area contributed by atoms with Gasteiger partial charge < -0.3 is 10.5 Å². The summed E-state index contributed by atoms with van der Waals surface area (Å²) in [6, 6.07) is 1.37. The molecule has 1 rings (SSSR count). The minimum atomic E-state index is -0.670. The minimum absolute atomic E-state index is 0.00772. The first kappa shape index (κ1) is 11.4. The number of methoxy groups -OCH3 is 1. The average molecular weight is 254 g/mol. The Labute approximate surface area is 95.7 Å². The van der Waals surface area contributed by atoms with Crippen molar-refractivity contribution in [2.24, 2.45) is 0 Å². The highest BCUT2D eigenvalue weighted by atomic mass is 35.5. The molecule has 0 spiro atoms. The summed E-state index contributed by atoms with van der Waals surface area (Å²) in [5, 5.41) is 0.367. The lowest BCUT2D eigenvalue weighted by Gasteiger charge is -2.08. The second kappa shape index (κ2) is 4.26. The first-order valence-corrected chi connectivity index (χ1v) is 4.63. The summed E-state index contributed by atoms with van der Waals surface area (Å²) in [4.78, 5) is 11.3. The highest BCUT2D eigenvalue weighted by Gasteiger charge is 2.19. The van der Waals surface area contributed by atoms with Crippen molar-refractivity contribution >= 4 is 46.5 Å². The third kappa shape index (κ3) is 1.90. The zero-order chi connectivity index (χ0) is 10.9. The Morgan fingerprint density at radius 1 is 1.36 bits per heavy atom. The van der Waals surface area contributed by atoms with Gasteiger partial charge in [-0.25, -0.2) is 4.79 Å². The van der Waals surface area contributed by atoms with Gasteiger partial charge in [-0.3, -0.25) is 0 Å². The third-order valence-electron chi connectivity index (χ3n) is 1.60. The Morgan fingerprint density at radius 2 is 1.93 bits per heavy atom. The fourth-order valence-electron chi connectivity index (χ4n) is 0.911. The second-order valence-electron chi connectivity index (χ2n) is 2.43. The summed E-state index contributed by atoms with van der Waals surface area (Å²) < 4.78 is 4.49. The number of rotatable bonds is 1. The fraction of sp³-hybridized carbons (Fsp3) is 0.125. The van der Waals surface area contributed by atoms with E-state index in [2.05, 4.69) is 4.74 Å². The molecule has 0 heterocycles. The number of nitrogen functional groups attached to an aromatic ring is 1. The molecule has 0 saturated heterocycles. The van der Waals surface area contributed by atoms with Gasteiger partial charge in [0.15, 0.2) is 0 Å². The normalized spacial score (nSPS) is 10.0. The van der Waals surface area contributed by atoms with Gasteiger partial charge in [-0.2, -0.15) is 0 Å². The Hall–Kier alpha value is -0.640. The molecule has 0 aliphatic rings. The van der Waals surface area contributed by atoms with Crippen LogP contribution < -0.4 is 5.73 Å². The van der Waals surface area contributed by atoms with E-state index in [1.807, 2.05) is 0 Å². The third-order valence-corrected chi connectivity index (χ3v) is 2.70. The Bertz CT molecular complexity index is 366. The first-order chi connectivity index (χ1) is 6.49. The summed E-state index contributed by atoms with van der Waals surface area (Å²) in [6.07, 6.45) is 0. The molecule has 3 nitrogen and oxygen atoms in total. The highest BCUT2D eigenvalue weighted by Crippen LogP contribution is 2.35. The number of carbonyl (C=O) groups is 1. The molecule has 0 unspecified atom stereocenters. The van der Waals surface area contributed by atoms with Crippen LogP contribution >= 0.6 is 34.8 Å². The van der Waals surface area contributed by atoms with Crippen molar-refractivity contribution in [2.45, 2.75) is 0 Å². The Morgan fingerprint density at radius 3 is 2.43 bits per heavy atom. The predicted molar refractivity (Wildman–Crippen MR) is 57.2 cm³/mol. The highest BCUT2D eigenvalue weighted by molar-refractivity contribution is 6.46. The smallest absolute Gasteiger partial charge is 0.341 e. The van der Waals surface area contributed by atoms with Gasteiger partial charge >= 0.3 is 5.97 Å². The van der Waals surface area contributed by atoms with E-state index in [0.29, 0.717) is 0 Å². The maximum Gasteiger partial charge on any atom is 0.341 e. The number of hydrogen-bond acceptors (Lipinski definition) is 3. The maximum absolute atomic E-state index is 11.3. The van der Waals surface area contributed by atoms with E-state index in [1.165, 1.54) is 13.2 Å². The van der Waals surface area contributed by atoms with Crippen LogP contribution in [0.1, 0.15) is 10.4 Å². The van der Waals surface area contributed by atoms with Gasteiger partial charge in [0.1, 0.15) is 5.56 Å². The maximum atomic E-state index is 11.3. The van der Waals surface area contributed by atoms with Crippen LogP contribution in [-0.2, 0) is 4.74 Å². The average Bonchev–Trinajstić information content (AvgIpc) is 2.15. The Balaban J connectivity index is 3.47. The molecule has 6 heteroatoms. The Kier molecular flexibility index (Phi) is 3.48. The molecule has 0 saturated carbocycles. The topological polar surface area (TPSA) is 52.3 Å². The van der Waals surface area contributed by atoms with Gasteiger partial charge in [-0.05, 0) is 6.07 Å². The molecule has 1 aromatic rings. The molecule has 2 N–H and O–H groups in total. The van der Waals surface area contributed by atoms with Gasteiger partial charge in [0.05, 0.1) is 27.9 Å². The molecule has 0 amide bonds. The van der Waals surface area contributed by atoms with Crippen LogP contribution in [-0.4, -0.2) is 13.1 Å². The van der Waals surface area contributed by atoms with Crippen LogP contribution in [0.25, 0.3) is 0 Å². The van der Waals surface area contributed by atoms with Crippen LogP contribution in [0.3, 0.4) is 0 Å². The van der Waals surface area contributed by atoms with Crippen molar-refractivity contribution in [1.82, 2.24) is 0 Å². The lowest BCUT2D eigenvalue weighted by molar-refractivity contribution is 0.0602. The zero-order valence-electron chi connectivity index (χ0n) is 7.11. The number of hydrogen-bond donors (Lipinski definition) is 1. The summed E-state index contributed by atoms with van der Waals surface area (Å²) in [5.74, 6) is -0.670. The SMILES string of the molecule is COC(=O)c1c(N)c(Cl)cc(Cl)c1Cl. The first-order valence-electron chi connectivity index (χ1n) is 3.50. The molecule has 0 atom stereocenters. The van der Waals surface area contributed by atoms with E-state index in [4.69, 9.17) is 40.5 Å². The van der Waals surface area contributed by atoms with E-state index < -0.39 is 5.97 Å².